The second-order valence-corrected chi connectivity index (χ2v) is 7.04. The van der Waals surface area contributed by atoms with E-state index in [0.29, 0.717) is 12.6 Å². The zero-order valence-electron chi connectivity index (χ0n) is 13.8. The molecular weight excluding hydrogens is 266 g/mol. The third kappa shape index (κ3) is 4.30. The number of hydrogen-bond donors (Lipinski definition) is 0. The number of esters is 1. The monoisotopic (exact) mass is 293 g/mol. The minimum absolute atomic E-state index is 0.108. The topological polar surface area (TPSA) is 47.4 Å². The number of likely N-dealkylation sites (tertiary alicyclic amines) is 1. The highest BCUT2D eigenvalue weighted by molar-refractivity contribution is 5.76. The molecule has 0 saturated carbocycles. The zero-order chi connectivity index (χ0) is 15.6. The summed E-state index contributed by atoms with van der Waals surface area (Å²) in [4.78, 5) is 14.5. The van der Waals surface area contributed by atoms with E-state index in [-0.39, 0.29) is 12.0 Å². The predicted octanol–water partition coefficient (Wildman–Crippen LogP) is 2.77. The van der Waals surface area contributed by atoms with Crippen molar-refractivity contribution in [3.63, 3.8) is 0 Å². The summed E-state index contributed by atoms with van der Waals surface area (Å²) >= 11 is 0. The Morgan fingerprint density at radius 3 is 2.76 bits per heavy atom. The van der Waals surface area contributed by atoms with E-state index in [1.54, 1.807) is 0 Å². The van der Waals surface area contributed by atoms with Gasteiger partial charge in [-0.1, -0.05) is 0 Å². The van der Waals surface area contributed by atoms with Gasteiger partial charge in [0.1, 0.15) is 11.6 Å². The van der Waals surface area contributed by atoms with Crippen LogP contribution in [0.2, 0.25) is 0 Å². The number of carbonyl (C=O) groups excluding carboxylic acids is 1. The normalized spacial score (nSPS) is 20.2. The molecule has 0 radical (unpaired) electrons. The molecule has 0 spiro atoms. The second-order valence-electron chi connectivity index (χ2n) is 7.04. The lowest BCUT2D eigenvalue weighted by molar-refractivity contribution is -0.160. The van der Waals surface area contributed by atoms with E-state index in [2.05, 4.69) is 23.8 Å². The lowest BCUT2D eigenvalue weighted by Gasteiger charge is -2.26. The van der Waals surface area contributed by atoms with E-state index < -0.39 is 5.60 Å². The average Bonchev–Trinajstić information content (AvgIpc) is 2.96. The standard InChI is InChI=1S/C16H27N3O2/c1-12(2)19-10-8-13(17-19)11-18-9-6-7-14(18)15(20)21-16(3,4)5/h8,10,12,14H,6-7,9,11H2,1-5H3/t14-/m0/s1. The summed E-state index contributed by atoms with van der Waals surface area (Å²) in [5, 5.41) is 4.56. The minimum Gasteiger partial charge on any atom is -0.459 e. The fraction of sp³-hybridized carbons (Fsp3) is 0.750. The molecule has 1 saturated heterocycles. The summed E-state index contributed by atoms with van der Waals surface area (Å²) in [6, 6.07) is 2.26. The Labute approximate surface area is 127 Å². The van der Waals surface area contributed by atoms with Gasteiger partial charge in [0.25, 0.3) is 0 Å². The molecule has 0 N–H and O–H groups in total. The van der Waals surface area contributed by atoms with E-state index in [0.717, 1.165) is 25.1 Å². The predicted molar refractivity (Wildman–Crippen MR) is 81.9 cm³/mol. The van der Waals surface area contributed by atoms with Crippen molar-refractivity contribution in [1.82, 2.24) is 14.7 Å². The van der Waals surface area contributed by atoms with Crippen molar-refractivity contribution in [3.05, 3.63) is 18.0 Å². The van der Waals surface area contributed by atoms with E-state index in [1.807, 2.05) is 37.7 Å². The quantitative estimate of drug-likeness (QED) is 0.801. The number of carbonyl (C=O) groups is 1. The molecule has 0 bridgehead atoms. The SMILES string of the molecule is CC(C)n1ccc(CN2CCC[C@H]2C(=O)OC(C)(C)C)n1. The van der Waals surface area contributed by atoms with Crippen molar-refractivity contribution in [2.45, 2.75) is 71.7 Å². The molecule has 118 valence electrons. The molecule has 1 aliphatic heterocycles. The molecule has 0 unspecified atom stereocenters. The summed E-state index contributed by atoms with van der Waals surface area (Å²) in [7, 11) is 0. The summed E-state index contributed by atoms with van der Waals surface area (Å²) in [5.41, 5.74) is 0.587. The maximum absolute atomic E-state index is 12.3. The van der Waals surface area contributed by atoms with E-state index in [4.69, 9.17) is 4.74 Å². The molecule has 1 aliphatic rings. The Morgan fingerprint density at radius 1 is 1.48 bits per heavy atom. The van der Waals surface area contributed by atoms with Crippen LogP contribution in [-0.2, 0) is 16.1 Å². The summed E-state index contributed by atoms with van der Waals surface area (Å²) in [5.74, 6) is -0.108. The van der Waals surface area contributed by atoms with Crippen molar-refractivity contribution in [1.29, 1.82) is 0 Å². The average molecular weight is 293 g/mol. The highest BCUT2D eigenvalue weighted by Crippen LogP contribution is 2.23. The Kier molecular flexibility index (Phi) is 4.71. The first-order chi connectivity index (χ1) is 9.76. The van der Waals surface area contributed by atoms with Crippen LogP contribution in [0.15, 0.2) is 12.3 Å². The van der Waals surface area contributed by atoms with Gasteiger partial charge in [-0.05, 0) is 60.1 Å². The Bertz CT molecular complexity index is 488. The third-order valence-electron chi connectivity index (χ3n) is 3.60. The third-order valence-corrected chi connectivity index (χ3v) is 3.60. The number of aromatic nitrogens is 2. The fourth-order valence-electron chi connectivity index (χ4n) is 2.61. The number of ether oxygens (including phenoxy) is 1. The number of hydrogen-bond acceptors (Lipinski definition) is 4. The highest BCUT2D eigenvalue weighted by Gasteiger charge is 2.34. The molecule has 0 aliphatic carbocycles. The van der Waals surface area contributed by atoms with Crippen molar-refractivity contribution >= 4 is 5.97 Å². The zero-order valence-corrected chi connectivity index (χ0v) is 13.8. The molecule has 2 heterocycles. The molecule has 5 heteroatoms. The molecular formula is C16H27N3O2. The van der Waals surface area contributed by atoms with Crippen LogP contribution in [0, 0.1) is 0 Å². The van der Waals surface area contributed by atoms with Gasteiger partial charge in [0.15, 0.2) is 0 Å². The lowest BCUT2D eigenvalue weighted by Crippen LogP contribution is -2.40. The van der Waals surface area contributed by atoms with E-state index in [9.17, 15) is 4.79 Å². The van der Waals surface area contributed by atoms with Gasteiger partial charge < -0.3 is 4.74 Å². The Morgan fingerprint density at radius 2 is 2.19 bits per heavy atom. The van der Waals surface area contributed by atoms with Crippen LogP contribution >= 0.6 is 0 Å². The van der Waals surface area contributed by atoms with Gasteiger partial charge in [-0.15, -0.1) is 0 Å². The highest BCUT2D eigenvalue weighted by atomic mass is 16.6. The number of rotatable bonds is 4. The first-order valence-electron chi connectivity index (χ1n) is 7.77. The molecule has 0 amide bonds. The molecule has 5 nitrogen and oxygen atoms in total. The van der Waals surface area contributed by atoms with Gasteiger partial charge in [0.2, 0.25) is 0 Å². The van der Waals surface area contributed by atoms with Gasteiger partial charge in [-0.3, -0.25) is 14.4 Å². The van der Waals surface area contributed by atoms with E-state index >= 15 is 0 Å². The van der Waals surface area contributed by atoms with Gasteiger partial charge in [0, 0.05) is 18.8 Å². The summed E-state index contributed by atoms with van der Waals surface area (Å²) in [6.45, 7) is 11.6. The minimum atomic E-state index is -0.426. The van der Waals surface area contributed by atoms with Crippen molar-refractivity contribution in [2.24, 2.45) is 0 Å². The van der Waals surface area contributed by atoms with Crippen LogP contribution in [0.25, 0.3) is 0 Å². The largest absolute Gasteiger partial charge is 0.459 e. The van der Waals surface area contributed by atoms with Crippen LogP contribution in [-0.4, -0.2) is 38.8 Å². The van der Waals surface area contributed by atoms with E-state index in [1.165, 1.54) is 0 Å². The van der Waals surface area contributed by atoms with Crippen molar-refractivity contribution in [3.8, 4) is 0 Å². The van der Waals surface area contributed by atoms with Gasteiger partial charge >= 0.3 is 5.97 Å². The van der Waals surface area contributed by atoms with Crippen molar-refractivity contribution in [2.75, 3.05) is 6.54 Å². The Hall–Kier alpha value is -1.36. The molecule has 21 heavy (non-hydrogen) atoms. The Balaban J connectivity index is 1.99. The first kappa shape index (κ1) is 16.0. The van der Waals surface area contributed by atoms with Gasteiger partial charge in [-0.25, -0.2) is 0 Å². The molecule has 1 aromatic heterocycles. The van der Waals surface area contributed by atoms with Crippen LogP contribution in [0.3, 0.4) is 0 Å². The maximum Gasteiger partial charge on any atom is 0.323 e. The molecule has 2 rings (SSSR count). The van der Waals surface area contributed by atoms with Gasteiger partial charge in [-0.2, -0.15) is 5.10 Å². The van der Waals surface area contributed by atoms with Crippen LogP contribution in [0.5, 0.6) is 0 Å². The van der Waals surface area contributed by atoms with Crippen LogP contribution < -0.4 is 0 Å². The summed E-state index contributed by atoms with van der Waals surface area (Å²) in [6.07, 6.45) is 3.91. The molecule has 1 fully saturated rings. The van der Waals surface area contributed by atoms with Crippen molar-refractivity contribution < 1.29 is 9.53 Å². The second kappa shape index (κ2) is 6.18. The fourth-order valence-corrected chi connectivity index (χ4v) is 2.61. The van der Waals surface area contributed by atoms with Crippen LogP contribution in [0.1, 0.15) is 59.2 Å². The smallest absolute Gasteiger partial charge is 0.323 e. The lowest BCUT2D eigenvalue weighted by atomic mass is 10.1. The first-order valence-corrected chi connectivity index (χ1v) is 7.77. The maximum atomic E-state index is 12.3. The van der Waals surface area contributed by atoms with Crippen LogP contribution in [0.4, 0.5) is 0 Å². The van der Waals surface area contributed by atoms with Gasteiger partial charge in [0.05, 0.1) is 5.69 Å². The molecule has 1 aromatic rings. The summed E-state index contributed by atoms with van der Waals surface area (Å²) < 4.78 is 7.48. The molecule has 1 atom stereocenters. The molecule has 0 aromatic carbocycles. The number of nitrogens with zero attached hydrogens (tertiary/aromatic N) is 3.